The highest BCUT2D eigenvalue weighted by atomic mass is 19.1. The normalized spacial score (nSPS) is 12.6. The molecule has 88 valence electrons. The largest absolute Gasteiger partial charge is 0.351 e. The lowest BCUT2D eigenvalue weighted by molar-refractivity contribution is -0.123. The van der Waals surface area contributed by atoms with Crippen molar-refractivity contribution in [2.45, 2.75) is 26.4 Å². The second kappa shape index (κ2) is 5.61. The molecule has 1 aromatic carbocycles. The van der Waals surface area contributed by atoms with Gasteiger partial charge in [-0.2, -0.15) is 0 Å². The summed E-state index contributed by atoms with van der Waals surface area (Å²) < 4.78 is 12.8. The molecule has 1 amide bonds. The molecule has 0 aliphatic heterocycles. The van der Waals surface area contributed by atoms with Crippen LogP contribution in [-0.4, -0.2) is 11.9 Å². The van der Waals surface area contributed by atoms with E-state index in [9.17, 15) is 9.18 Å². The van der Waals surface area contributed by atoms with Gasteiger partial charge in [0.25, 0.3) is 0 Å². The maximum atomic E-state index is 12.8. The second-order valence-corrected chi connectivity index (χ2v) is 4.12. The summed E-state index contributed by atoms with van der Waals surface area (Å²) in [5.41, 5.74) is 6.39. The number of halogens is 1. The number of hydrogen-bond donors (Lipinski definition) is 2. The van der Waals surface area contributed by atoms with Crippen molar-refractivity contribution in [3.05, 3.63) is 35.6 Å². The van der Waals surface area contributed by atoms with Crippen LogP contribution in [0, 0.1) is 11.7 Å². The number of benzene rings is 1. The molecule has 0 bridgehead atoms. The monoisotopic (exact) mass is 224 g/mol. The topological polar surface area (TPSA) is 55.1 Å². The van der Waals surface area contributed by atoms with Crippen molar-refractivity contribution in [1.82, 2.24) is 5.32 Å². The van der Waals surface area contributed by atoms with Crippen LogP contribution >= 0.6 is 0 Å². The third kappa shape index (κ3) is 3.62. The van der Waals surface area contributed by atoms with Crippen LogP contribution in [0.15, 0.2) is 24.3 Å². The first kappa shape index (κ1) is 12.6. The van der Waals surface area contributed by atoms with E-state index in [0.717, 1.165) is 5.56 Å². The summed E-state index contributed by atoms with van der Waals surface area (Å²) in [6, 6.07) is 5.60. The van der Waals surface area contributed by atoms with E-state index in [1.54, 1.807) is 12.1 Å². The molecule has 16 heavy (non-hydrogen) atoms. The van der Waals surface area contributed by atoms with Crippen molar-refractivity contribution >= 4 is 5.91 Å². The molecule has 0 aliphatic rings. The SMILES string of the molecule is CC(C)C(N)C(=O)NCc1cccc(F)c1. The van der Waals surface area contributed by atoms with Gasteiger partial charge in [-0.05, 0) is 23.6 Å². The number of rotatable bonds is 4. The van der Waals surface area contributed by atoms with Gasteiger partial charge in [0, 0.05) is 6.54 Å². The van der Waals surface area contributed by atoms with Crippen molar-refractivity contribution in [2.24, 2.45) is 11.7 Å². The Balaban J connectivity index is 2.49. The van der Waals surface area contributed by atoms with Crippen LogP contribution in [0.1, 0.15) is 19.4 Å². The van der Waals surface area contributed by atoms with Gasteiger partial charge in [0.15, 0.2) is 0 Å². The molecule has 0 aliphatic carbocycles. The Morgan fingerprint density at radius 2 is 2.19 bits per heavy atom. The molecule has 0 radical (unpaired) electrons. The highest BCUT2D eigenvalue weighted by Crippen LogP contribution is 2.03. The number of carbonyl (C=O) groups excluding carboxylic acids is 1. The highest BCUT2D eigenvalue weighted by molar-refractivity contribution is 5.81. The summed E-state index contributed by atoms with van der Waals surface area (Å²) in [7, 11) is 0. The quantitative estimate of drug-likeness (QED) is 0.812. The fourth-order valence-corrected chi connectivity index (χ4v) is 1.26. The summed E-state index contributed by atoms with van der Waals surface area (Å²) >= 11 is 0. The minimum absolute atomic E-state index is 0.0903. The lowest BCUT2D eigenvalue weighted by Crippen LogP contribution is -2.43. The summed E-state index contributed by atoms with van der Waals surface area (Å²) in [6.45, 7) is 4.07. The van der Waals surface area contributed by atoms with Crippen molar-refractivity contribution in [2.75, 3.05) is 0 Å². The van der Waals surface area contributed by atoms with Gasteiger partial charge in [-0.25, -0.2) is 4.39 Å². The van der Waals surface area contributed by atoms with Crippen LogP contribution in [-0.2, 0) is 11.3 Å². The molecule has 1 aromatic rings. The van der Waals surface area contributed by atoms with Crippen LogP contribution in [0.2, 0.25) is 0 Å². The molecule has 4 heteroatoms. The van der Waals surface area contributed by atoms with E-state index in [1.807, 2.05) is 13.8 Å². The fourth-order valence-electron chi connectivity index (χ4n) is 1.26. The van der Waals surface area contributed by atoms with Gasteiger partial charge >= 0.3 is 0 Å². The average molecular weight is 224 g/mol. The molecule has 1 unspecified atom stereocenters. The van der Waals surface area contributed by atoms with Crippen molar-refractivity contribution in [3.8, 4) is 0 Å². The zero-order valence-electron chi connectivity index (χ0n) is 9.53. The van der Waals surface area contributed by atoms with Crippen molar-refractivity contribution < 1.29 is 9.18 Å². The second-order valence-electron chi connectivity index (χ2n) is 4.12. The Morgan fingerprint density at radius 3 is 2.75 bits per heavy atom. The Kier molecular flexibility index (Phi) is 4.43. The standard InChI is InChI=1S/C12H17FN2O/c1-8(2)11(14)12(16)15-7-9-4-3-5-10(13)6-9/h3-6,8,11H,7,14H2,1-2H3,(H,15,16). The minimum atomic E-state index is -0.520. The maximum absolute atomic E-state index is 12.8. The van der Waals surface area contributed by atoms with E-state index in [4.69, 9.17) is 5.73 Å². The first-order valence-electron chi connectivity index (χ1n) is 5.28. The molecule has 3 N–H and O–H groups in total. The van der Waals surface area contributed by atoms with E-state index in [2.05, 4.69) is 5.32 Å². The fraction of sp³-hybridized carbons (Fsp3) is 0.417. The molecular formula is C12H17FN2O. The summed E-state index contributed by atoms with van der Waals surface area (Å²) in [5.74, 6) is -0.424. The Bertz CT molecular complexity index is 366. The highest BCUT2D eigenvalue weighted by Gasteiger charge is 2.16. The predicted molar refractivity (Wildman–Crippen MR) is 61.1 cm³/mol. The number of carbonyl (C=O) groups is 1. The van der Waals surface area contributed by atoms with Crippen LogP contribution in [0.5, 0.6) is 0 Å². The zero-order chi connectivity index (χ0) is 12.1. The molecule has 0 spiro atoms. The third-order valence-corrected chi connectivity index (χ3v) is 2.38. The van der Waals surface area contributed by atoms with Gasteiger partial charge in [0.2, 0.25) is 5.91 Å². The third-order valence-electron chi connectivity index (χ3n) is 2.38. The molecule has 1 rings (SSSR count). The lowest BCUT2D eigenvalue weighted by Gasteiger charge is -2.15. The van der Waals surface area contributed by atoms with Gasteiger partial charge in [0.1, 0.15) is 5.82 Å². The van der Waals surface area contributed by atoms with Gasteiger partial charge in [-0.3, -0.25) is 4.79 Å². The van der Waals surface area contributed by atoms with Crippen LogP contribution in [0.4, 0.5) is 4.39 Å². The minimum Gasteiger partial charge on any atom is -0.351 e. The smallest absolute Gasteiger partial charge is 0.237 e. The number of amides is 1. The van der Waals surface area contributed by atoms with E-state index in [-0.39, 0.29) is 17.6 Å². The van der Waals surface area contributed by atoms with Crippen molar-refractivity contribution in [3.63, 3.8) is 0 Å². The van der Waals surface area contributed by atoms with Crippen LogP contribution in [0.3, 0.4) is 0 Å². The van der Waals surface area contributed by atoms with Gasteiger partial charge in [-0.1, -0.05) is 26.0 Å². The molecule has 0 heterocycles. The van der Waals surface area contributed by atoms with E-state index in [1.165, 1.54) is 12.1 Å². The first-order valence-corrected chi connectivity index (χ1v) is 5.28. The zero-order valence-corrected chi connectivity index (χ0v) is 9.53. The number of nitrogens with two attached hydrogens (primary N) is 1. The molecule has 0 saturated heterocycles. The summed E-state index contributed by atoms with van der Waals surface area (Å²) in [4.78, 5) is 11.5. The van der Waals surface area contributed by atoms with Crippen LogP contribution in [0.25, 0.3) is 0 Å². The van der Waals surface area contributed by atoms with Gasteiger partial charge < -0.3 is 11.1 Å². The molecule has 0 saturated carbocycles. The molecule has 0 aromatic heterocycles. The Hall–Kier alpha value is -1.42. The predicted octanol–water partition coefficient (Wildman–Crippen LogP) is 1.43. The van der Waals surface area contributed by atoms with Crippen LogP contribution < -0.4 is 11.1 Å². The van der Waals surface area contributed by atoms with Crippen molar-refractivity contribution in [1.29, 1.82) is 0 Å². The Labute approximate surface area is 94.8 Å². The van der Waals surface area contributed by atoms with E-state index < -0.39 is 6.04 Å². The molecular weight excluding hydrogens is 207 g/mol. The van der Waals surface area contributed by atoms with Gasteiger partial charge in [0.05, 0.1) is 6.04 Å². The number of hydrogen-bond acceptors (Lipinski definition) is 2. The van der Waals surface area contributed by atoms with E-state index >= 15 is 0 Å². The summed E-state index contributed by atoms with van der Waals surface area (Å²) in [6.07, 6.45) is 0. The molecule has 1 atom stereocenters. The summed E-state index contributed by atoms with van der Waals surface area (Å²) in [5, 5.41) is 2.68. The van der Waals surface area contributed by atoms with Gasteiger partial charge in [-0.15, -0.1) is 0 Å². The van der Waals surface area contributed by atoms with E-state index in [0.29, 0.717) is 6.54 Å². The lowest BCUT2D eigenvalue weighted by atomic mass is 10.0. The average Bonchev–Trinajstić information content (AvgIpc) is 2.24. The maximum Gasteiger partial charge on any atom is 0.237 e. The Morgan fingerprint density at radius 1 is 1.50 bits per heavy atom. The number of nitrogens with one attached hydrogen (secondary N) is 1. The molecule has 0 fully saturated rings. The first-order chi connectivity index (χ1) is 7.50. The molecule has 3 nitrogen and oxygen atoms in total.